The van der Waals surface area contributed by atoms with Gasteiger partial charge in [0.05, 0.1) is 5.69 Å². The van der Waals surface area contributed by atoms with E-state index in [2.05, 4.69) is 29.0 Å². The molecule has 6 nitrogen and oxygen atoms in total. The summed E-state index contributed by atoms with van der Waals surface area (Å²) in [6.45, 7) is 8.43. The first-order valence-electron chi connectivity index (χ1n) is 7.18. The number of pyridine rings is 1. The zero-order valence-corrected chi connectivity index (χ0v) is 13.9. The van der Waals surface area contributed by atoms with Crippen molar-refractivity contribution < 1.29 is 8.42 Å². The third-order valence-electron chi connectivity index (χ3n) is 4.05. The van der Waals surface area contributed by atoms with Crippen LogP contribution in [-0.4, -0.2) is 61.4 Å². The number of likely N-dealkylation sites (N-methyl/N-ethyl adjacent to an activating group) is 1. The van der Waals surface area contributed by atoms with E-state index in [0.717, 1.165) is 6.54 Å². The van der Waals surface area contributed by atoms with Gasteiger partial charge in [0.15, 0.2) is 0 Å². The molecule has 7 heteroatoms. The van der Waals surface area contributed by atoms with Crippen molar-refractivity contribution in [2.24, 2.45) is 0 Å². The molecule has 0 aliphatic carbocycles. The molecule has 1 saturated heterocycles. The summed E-state index contributed by atoms with van der Waals surface area (Å²) in [7, 11) is -1.50. The molecule has 118 valence electrons. The van der Waals surface area contributed by atoms with E-state index < -0.39 is 10.0 Å². The Balaban J connectivity index is 2.35. The largest absolute Gasteiger partial charge is 0.384 e. The van der Waals surface area contributed by atoms with E-state index in [1.54, 1.807) is 16.6 Å². The first-order chi connectivity index (χ1) is 9.79. The molecule has 0 aromatic carbocycles. The van der Waals surface area contributed by atoms with Gasteiger partial charge in [-0.1, -0.05) is 0 Å². The second-order valence-corrected chi connectivity index (χ2v) is 7.88. The molecule has 0 bridgehead atoms. The van der Waals surface area contributed by atoms with Crippen LogP contribution in [0, 0.1) is 0 Å². The minimum atomic E-state index is -3.53. The monoisotopic (exact) mass is 312 g/mol. The third kappa shape index (κ3) is 3.20. The summed E-state index contributed by atoms with van der Waals surface area (Å²) in [6.07, 6.45) is 3.03. The second kappa shape index (κ2) is 5.90. The van der Waals surface area contributed by atoms with Gasteiger partial charge in [0, 0.05) is 44.1 Å². The molecule has 1 aliphatic rings. The van der Waals surface area contributed by atoms with Gasteiger partial charge < -0.3 is 5.32 Å². The van der Waals surface area contributed by atoms with E-state index in [1.165, 1.54) is 6.20 Å². The Morgan fingerprint density at radius 3 is 2.71 bits per heavy atom. The Morgan fingerprint density at radius 1 is 1.38 bits per heavy atom. The lowest BCUT2D eigenvalue weighted by molar-refractivity contribution is 0.0801. The number of anilines is 1. The van der Waals surface area contributed by atoms with E-state index in [1.807, 2.05) is 14.0 Å². The summed E-state index contributed by atoms with van der Waals surface area (Å²) >= 11 is 0. The van der Waals surface area contributed by atoms with Gasteiger partial charge in [0.1, 0.15) is 4.90 Å². The first kappa shape index (κ1) is 16.2. The molecular formula is C14H24N4O2S. The number of hydrogen-bond donors (Lipinski definition) is 1. The topological polar surface area (TPSA) is 65.5 Å². The van der Waals surface area contributed by atoms with E-state index in [9.17, 15) is 8.42 Å². The van der Waals surface area contributed by atoms with Crippen molar-refractivity contribution in [2.45, 2.75) is 31.2 Å². The fourth-order valence-electron chi connectivity index (χ4n) is 2.46. The lowest BCUT2D eigenvalue weighted by Gasteiger charge is -2.44. The van der Waals surface area contributed by atoms with E-state index >= 15 is 0 Å². The van der Waals surface area contributed by atoms with Crippen molar-refractivity contribution in [1.82, 2.24) is 14.2 Å². The van der Waals surface area contributed by atoms with Crippen LogP contribution in [0.4, 0.5) is 5.69 Å². The fraction of sp³-hybridized carbons (Fsp3) is 0.643. The summed E-state index contributed by atoms with van der Waals surface area (Å²) in [6, 6.07) is 1.71. The number of rotatable bonds is 4. The molecule has 1 N–H and O–H groups in total. The smallest absolute Gasteiger partial charge is 0.246 e. The molecule has 0 radical (unpaired) electrons. The maximum absolute atomic E-state index is 12.9. The van der Waals surface area contributed by atoms with Crippen LogP contribution >= 0.6 is 0 Å². The average Bonchev–Trinajstić information content (AvgIpc) is 2.42. The van der Waals surface area contributed by atoms with Crippen LogP contribution in [0.25, 0.3) is 0 Å². The van der Waals surface area contributed by atoms with E-state index in [-0.39, 0.29) is 10.4 Å². The van der Waals surface area contributed by atoms with E-state index in [4.69, 9.17) is 0 Å². The van der Waals surface area contributed by atoms with Crippen LogP contribution in [0.3, 0.4) is 0 Å². The molecule has 2 heterocycles. The zero-order chi connectivity index (χ0) is 15.7. The van der Waals surface area contributed by atoms with Gasteiger partial charge in [0.2, 0.25) is 10.0 Å². The highest BCUT2D eigenvalue weighted by molar-refractivity contribution is 7.89. The Morgan fingerprint density at radius 2 is 2.10 bits per heavy atom. The lowest BCUT2D eigenvalue weighted by atomic mass is 10.0. The molecule has 1 fully saturated rings. The van der Waals surface area contributed by atoms with Crippen molar-refractivity contribution >= 4 is 15.7 Å². The Kier molecular flexibility index (Phi) is 4.55. The molecule has 21 heavy (non-hydrogen) atoms. The minimum absolute atomic E-state index is 0.175. The summed E-state index contributed by atoms with van der Waals surface area (Å²) in [4.78, 5) is 6.43. The van der Waals surface area contributed by atoms with Gasteiger partial charge in [-0.2, -0.15) is 4.31 Å². The molecule has 1 aromatic heterocycles. The molecule has 0 saturated carbocycles. The lowest BCUT2D eigenvalue weighted by Crippen LogP contribution is -2.58. The molecule has 0 atom stereocenters. The summed E-state index contributed by atoms with van der Waals surface area (Å²) < 4.78 is 27.4. The molecule has 0 unspecified atom stereocenters. The van der Waals surface area contributed by atoms with Crippen molar-refractivity contribution in [3.05, 3.63) is 18.5 Å². The van der Waals surface area contributed by atoms with Gasteiger partial charge in [-0.25, -0.2) is 8.42 Å². The van der Waals surface area contributed by atoms with Crippen molar-refractivity contribution in [2.75, 3.05) is 38.5 Å². The minimum Gasteiger partial charge on any atom is -0.384 e. The number of piperazine rings is 1. The van der Waals surface area contributed by atoms with Crippen LogP contribution in [0.15, 0.2) is 23.4 Å². The fourth-order valence-corrected chi connectivity index (χ4v) is 4.16. The third-order valence-corrected chi connectivity index (χ3v) is 5.92. The second-order valence-electron chi connectivity index (χ2n) is 5.97. The average molecular weight is 312 g/mol. The summed E-state index contributed by atoms with van der Waals surface area (Å²) in [5.74, 6) is 0. The quantitative estimate of drug-likeness (QED) is 0.906. The molecular weight excluding hydrogens is 288 g/mol. The number of sulfonamides is 1. The maximum atomic E-state index is 12.9. The van der Waals surface area contributed by atoms with Crippen LogP contribution in [0.2, 0.25) is 0 Å². The predicted molar refractivity (Wildman–Crippen MR) is 83.9 cm³/mol. The summed E-state index contributed by atoms with van der Waals surface area (Å²) in [5.41, 5.74) is 0.440. The first-order valence-corrected chi connectivity index (χ1v) is 8.62. The standard InChI is InChI=1S/C14H24N4O2S/c1-5-16-12-6-7-15-10-13(12)21(19,20)18-9-8-17(4)14(2,3)11-18/h6-7,10H,5,8-9,11H2,1-4H3,(H,15,16). The Labute approximate surface area is 127 Å². The highest BCUT2D eigenvalue weighted by Gasteiger charge is 2.38. The van der Waals surface area contributed by atoms with E-state index in [0.29, 0.717) is 25.3 Å². The van der Waals surface area contributed by atoms with Crippen LogP contribution < -0.4 is 5.32 Å². The highest BCUT2D eigenvalue weighted by Crippen LogP contribution is 2.28. The molecule has 2 rings (SSSR count). The van der Waals surface area contributed by atoms with Crippen molar-refractivity contribution in [1.29, 1.82) is 0 Å². The van der Waals surface area contributed by atoms with Gasteiger partial charge in [-0.05, 0) is 33.9 Å². The molecule has 1 aliphatic heterocycles. The van der Waals surface area contributed by atoms with Crippen LogP contribution in [-0.2, 0) is 10.0 Å². The zero-order valence-electron chi connectivity index (χ0n) is 13.1. The normalized spacial score (nSPS) is 20.4. The Bertz CT molecular complexity index is 601. The SMILES string of the molecule is CCNc1ccncc1S(=O)(=O)N1CCN(C)C(C)(C)C1. The number of hydrogen-bond acceptors (Lipinski definition) is 5. The van der Waals surface area contributed by atoms with Crippen molar-refractivity contribution in [3.8, 4) is 0 Å². The van der Waals surface area contributed by atoms with Gasteiger partial charge in [-0.3, -0.25) is 9.88 Å². The maximum Gasteiger partial charge on any atom is 0.246 e. The molecule has 1 aromatic rings. The van der Waals surface area contributed by atoms with Gasteiger partial charge >= 0.3 is 0 Å². The Hall–Kier alpha value is -1.18. The highest BCUT2D eigenvalue weighted by atomic mass is 32.2. The van der Waals surface area contributed by atoms with Crippen molar-refractivity contribution in [3.63, 3.8) is 0 Å². The number of aromatic nitrogens is 1. The summed E-state index contributed by atoms with van der Waals surface area (Å²) in [5, 5.41) is 3.09. The number of nitrogens with zero attached hydrogens (tertiary/aromatic N) is 3. The van der Waals surface area contributed by atoms with Crippen LogP contribution in [0.5, 0.6) is 0 Å². The van der Waals surface area contributed by atoms with Crippen LogP contribution in [0.1, 0.15) is 20.8 Å². The number of nitrogens with one attached hydrogen (secondary N) is 1. The molecule has 0 amide bonds. The predicted octanol–water partition coefficient (Wildman–Crippen LogP) is 1.23. The van der Waals surface area contributed by atoms with Gasteiger partial charge in [0.25, 0.3) is 0 Å². The molecule has 0 spiro atoms. The van der Waals surface area contributed by atoms with Gasteiger partial charge in [-0.15, -0.1) is 0 Å².